The maximum Gasteiger partial charge on any atom is 2.00 e. The summed E-state index contributed by atoms with van der Waals surface area (Å²) in [6, 6.07) is 4.51. The van der Waals surface area contributed by atoms with Crippen molar-refractivity contribution in [3.8, 4) is 5.75 Å². The van der Waals surface area contributed by atoms with Crippen LogP contribution in [0.3, 0.4) is 0 Å². The van der Waals surface area contributed by atoms with Crippen molar-refractivity contribution in [2.75, 3.05) is 6.61 Å². The van der Waals surface area contributed by atoms with Crippen LogP contribution in [0.2, 0.25) is 10.0 Å². The number of carboxylic acids is 2. The van der Waals surface area contributed by atoms with Crippen molar-refractivity contribution in [2.24, 2.45) is 0 Å². The van der Waals surface area contributed by atoms with Crippen LogP contribution in [-0.4, -0.2) is 18.5 Å². The Hall–Kier alpha value is -1.20. The van der Waals surface area contributed by atoms with Gasteiger partial charge in [0.25, 0.3) is 0 Å². The number of carbonyl (C=O) groups is 2. The van der Waals surface area contributed by atoms with Crippen molar-refractivity contribution in [1.29, 1.82) is 0 Å². The van der Waals surface area contributed by atoms with Crippen molar-refractivity contribution >= 4 is 35.1 Å². The van der Waals surface area contributed by atoms with Crippen LogP contribution in [0.15, 0.2) is 30.4 Å². The standard InChI is InChI=1S/C8H6Cl2O3.C4H6O2.Cu/c9-5-1-2-7(6(10)3-5)13-4-8(11)12;1-3(2)4(5)6;/h1-3H,4H2,(H,11,12);1H2,2H3,(H,5,6);/q;;+2/p-2. The second-order valence-corrected chi connectivity index (χ2v) is 4.15. The van der Waals surface area contributed by atoms with Gasteiger partial charge in [0.2, 0.25) is 0 Å². The zero-order chi connectivity index (χ0) is 15.0. The summed E-state index contributed by atoms with van der Waals surface area (Å²) in [5, 5.41) is 20.3. The van der Waals surface area contributed by atoms with Crippen molar-refractivity contribution < 1.29 is 41.6 Å². The molecule has 0 aliphatic rings. The summed E-state index contributed by atoms with van der Waals surface area (Å²) < 4.78 is 4.80. The molecule has 0 aromatic heterocycles. The molecule has 5 nitrogen and oxygen atoms in total. The minimum atomic E-state index is -1.30. The largest absolute Gasteiger partial charge is 2.00 e. The Morgan fingerprint density at radius 3 is 2.15 bits per heavy atom. The minimum absolute atomic E-state index is 0. The molecule has 1 aromatic carbocycles. The summed E-state index contributed by atoms with van der Waals surface area (Å²) in [5.74, 6) is -2.21. The topological polar surface area (TPSA) is 89.5 Å². The van der Waals surface area contributed by atoms with Crippen molar-refractivity contribution in [3.63, 3.8) is 0 Å². The van der Waals surface area contributed by atoms with E-state index in [0.29, 0.717) is 5.02 Å². The molecule has 0 unspecified atom stereocenters. The monoisotopic (exact) mass is 367 g/mol. The Morgan fingerprint density at radius 1 is 1.30 bits per heavy atom. The molecule has 0 bridgehead atoms. The fourth-order valence-electron chi connectivity index (χ4n) is 0.729. The van der Waals surface area contributed by atoms with Gasteiger partial charge in [0, 0.05) is 5.02 Å². The maximum absolute atomic E-state index is 10.0. The van der Waals surface area contributed by atoms with E-state index in [2.05, 4.69) is 6.58 Å². The smallest absolute Gasteiger partial charge is 0.546 e. The van der Waals surface area contributed by atoms with Gasteiger partial charge in [-0.1, -0.05) is 29.8 Å². The van der Waals surface area contributed by atoms with Gasteiger partial charge in [-0.25, -0.2) is 0 Å². The molecule has 1 rings (SSSR count). The summed E-state index contributed by atoms with van der Waals surface area (Å²) in [6.07, 6.45) is 0. The molecule has 0 amide bonds. The van der Waals surface area contributed by atoms with Gasteiger partial charge in [0.15, 0.2) is 0 Å². The van der Waals surface area contributed by atoms with E-state index >= 15 is 0 Å². The van der Waals surface area contributed by atoms with E-state index in [-0.39, 0.29) is 33.4 Å². The number of halogens is 2. The maximum atomic E-state index is 10.0. The first-order valence-corrected chi connectivity index (χ1v) is 5.64. The molecular formula is C12H10Cl2CuO5. The molecule has 20 heavy (non-hydrogen) atoms. The molecule has 0 fully saturated rings. The summed E-state index contributed by atoms with van der Waals surface area (Å²) in [4.78, 5) is 19.5. The van der Waals surface area contributed by atoms with Crippen LogP contribution in [0.25, 0.3) is 0 Å². The first-order chi connectivity index (χ1) is 8.73. The quantitative estimate of drug-likeness (QED) is 0.568. The van der Waals surface area contributed by atoms with Crippen LogP contribution >= 0.6 is 23.2 Å². The zero-order valence-corrected chi connectivity index (χ0v) is 12.7. The van der Waals surface area contributed by atoms with Gasteiger partial charge >= 0.3 is 17.1 Å². The predicted molar refractivity (Wildman–Crippen MR) is 66.8 cm³/mol. The molecule has 0 aliphatic heterocycles. The Morgan fingerprint density at radius 2 is 1.80 bits per heavy atom. The second kappa shape index (κ2) is 10.6. The molecule has 1 aromatic rings. The molecule has 0 heterocycles. The van der Waals surface area contributed by atoms with Gasteiger partial charge in [-0.2, -0.15) is 0 Å². The fraction of sp³-hybridized carbons (Fsp3) is 0.167. The number of ether oxygens (including phenoxy) is 1. The van der Waals surface area contributed by atoms with Crippen molar-refractivity contribution in [2.45, 2.75) is 6.92 Å². The van der Waals surface area contributed by atoms with Crippen LogP contribution < -0.4 is 14.9 Å². The fourth-order valence-corrected chi connectivity index (χ4v) is 1.19. The van der Waals surface area contributed by atoms with E-state index in [1.54, 1.807) is 6.07 Å². The molecule has 113 valence electrons. The summed E-state index contributed by atoms with van der Waals surface area (Å²) in [6.45, 7) is 3.95. The van der Waals surface area contributed by atoms with Crippen LogP contribution in [0, 0.1) is 0 Å². The van der Waals surface area contributed by atoms with Gasteiger partial charge in [-0.05, 0) is 30.7 Å². The van der Waals surface area contributed by atoms with Crippen molar-refractivity contribution in [1.82, 2.24) is 0 Å². The van der Waals surface area contributed by atoms with E-state index < -0.39 is 18.5 Å². The molecule has 0 saturated heterocycles. The summed E-state index contributed by atoms with van der Waals surface area (Å²) in [7, 11) is 0. The van der Waals surface area contributed by atoms with Gasteiger partial charge < -0.3 is 24.5 Å². The molecule has 0 saturated carbocycles. The van der Waals surface area contributed by atoms with E-state index in [4.69, 9.17) is 27.9 Å². The number of carboxylic acid groups (broad SMARTS) is 2. The summed E-state index contributed by atoms with van der Waals surface area (Å²) >= 11 is 11.3. The molecular weight excluding hydrogens is 359 g/mol. The number of hydrogen-bond donors (Lipinski definition) is 0. The molecule has 0 N–H and O–H groups in total. The van der Waals surface area contributed by atoms with Gasteiger partial charge in [-0.3, -0.25) is 0 Å². The Balaban J connectivity index is 0. The number of hydrogen-bond acceptors (Lipinski definition) is 5. The van der Waals surface area contributed by atoms with Crippen LogP contribution in [0.1, 0.15) is 6.92 Å². The zero-order valence-electron chi connectivity index (χ0n) is 10.2. The summed E-state index contributed by atoms with van der Waals surface area (Å²) in [5.41, 5.74) is 0.0648. The molecule has 0 spiro atoms. The third-order valence-electron chi connectivity index (χ3n) is 1.59. The Labute approximate surface area is 136 Å². The first-order valence-electron chi connectivity index (χ1n) is 4.88. The van der Waals surface area contributed by atoms with Gasteiger partial charge in [-0.15, -0.1) is 0 Å². The number of carbonyl (C=O) groups excluding carboxylic acids is 2. The van der Waals surface area contributed by atoms with Crippen LogP contribution in [0.5, 0.6) is 5.75 Å². The van der Waals surface area contributed by atoms with E-state index in [9.17, 15) is 19.8 Å². The number of benzene rings is 1. The number of rotatable bonds is 4. The normalized spacial score (nSPS) is 8.55. The van der Waals surface area contributed by atoms with E-state index in [0.717, 1.165) is 0 Å². The van der Waals surface area contributed by atoms with Crippen molar-refractivity contribution in [3.05, 3.63) is 40.4 Å². The average Bonchev–Trinajstić information content (AvgIpc) is 2.28. The predicted octanol–water partition coefficient (Wildman–Crippen LogP) is 0.432. The third kappa shape index (κ3) is 9.69. The minimum Gasteiger partial charge on any atom is -0.546 e. The van der Waals surface area contributed by atoms with E-state index in [1.807, 2.05) is 0 Å². The van der Waals surface area contributed by atoms with Crippen LogP contribution in [0.4, 0.5) is 0 Å². The third-order valence-corrected chi connectivity index (χ3v) is 2.12. The van der Waals surface area contributed by atoms with Gasteiger partial charge in [0.1, 0.15) is 12.4 Å². The molecule has 1 radical (unpaired) electrons. The Bertz CT molecular complexity index is 479. The Kier molecular flexibility index (Phi) is 11.2. The SMILES string of the molecule is C=C(C)C(=O)[O-].O=C([O-])COc1ccc(Cl)cc1Cl.[Cu+2]. The molecule has 8 heteroatoms. The van der Waals surface area contributed by atoms with Crippen LogP contribution in [-0.2, 0) is 26.7 Å². The first kappa shape index (κ1) is 21.1. The second-order valence-electron chi connectivity index (χ2n) is 3.30. The molecule has 0 aliphatic carbocycles. The van der Waals surface area contributed by atoms with E-state index in [1.165, 1.54) is 19.1 Å². The average molecular weight is 369 g/mol. The molecule has 0 atom stereocenters. The number of aliphatic carboxylic acids is 2. The van der Waals surface area contributed by atoms with Gasteiger partial charge in [0.05, 0.1) is 17.0 Å².